The van der Waals surface area contributed by atoms with Crippen molar-refractivity contribution in [2.45, 2.75) is 91.0 Å². The van der Waals surface area contributed by atoms with Gasteiger partial charge in [0.15, 0.2) is 0 Å². The molecule has 0 atom stereocenters. The van der Waals surface area contributed by atoms with Crippen molar-refractivity contribution in [3.63, 3.8) is 0 Å². The molecule has 152 valence electrons. The van der Waals surface area contributed by atoms with Gasteiger partial charge in [-0.25, -0.2) is 0 Å². The van der Waals surface area contributed by atoms with Crippen LogP contribution in [0.15, 0.2) is 41.5 Å². The molecule has 1 aliphatic rings. The van der Waals surface area contributed by atoms with Crippen LogP contribution >= 0.6 is 0 Å². The third kappa shape index (κ3) is 5.41. The molecule has 28 heavy (non-hydrogen) atoms. The van der Waals surface area contributed by atoms with E-state index in [4.69, 9.17) is 9.31 Å². The number of benzene rings is 1. The zero-order valence-corrected chi connectivity index (χ0v) is 19.9. The summed E-state index contributed by atoms with van der Waals surface area (Å²) in [7, 11) is -2.30. The molecule has 4 heteroatoms. The average molecular weight is 396 g/mol. The van der Waals surface area contributed by atoms with E-state index in [1.54, 1.807) is 0 Å². The molecular weight excluding hydrogens is 359 g/mol. The molecule has 0 radical (unpaired) electrons. The van der Waals surface area contributed by atoms with Crippen LogP contribution in [-0.4, -0.2) is 26.4 Å². The second kappa shape index (κ2) is 9.48. The second-order valence-corrected chi connectivity index (χ2v) is 13.7. The Morgan fingerprint density at radius 3 is 2.18 bits per heavy atom. The Labute approximate surface area is 174 Å². The van der Waals surface area contributed by atoms with Crippen molar-refractivity contribution in [2.75, 3.05) is 0 Å². The van der Waals surface area contributed by atoms with Gasteiger partial charge in [0.05, 0.1) is 11.2 Å². The molecule has 1 aromatic rings. The van der Waals surface area contributed by atoms with E-state index in [2.05, 4.69) is 96.0 Å². The van der Waals surface area contributed by atoms with Crippen LogP contribution in [0.25, 0.3) is 0 Å². The predicted octanol–water partition coefficient (Wildman–Crippen LogP) is 5.67. The third-order valence-corrected chi connectivity index (χ3v) is 9.81. The van der Waals surface area contributed by atoms with Gasteiger partial charge in [0.25, 0.3) is 0 Å². The summed E-state index contributed by atoms with van der Waals surface area (Å²) in [5.41, 5.74) is -0.684. The minimum Gasteiger partial charge on any atom is -0.400 e. The van der Waals surface area contributed by atoms with Crippen LogP contribution in [0.4, 0.5) is 0 Å². The summed E-state index contributed by atoms with van der Waals surface area (Å²) in [5, 5.41) is 2.60. The van der Waals surface area contributed by atoms with Crippen molar-refractivity contribution >= 4 is 20.4 Å². The first-order valence-corrected chi connectivity index (χ1v) is 13.7. The molecule has 1 saturated heterocycles. The second-order valence-electron chi connectivity index (χ2n) is 9.31. The molecule has 0 unspecified atom stereocenters. The van der Waals surface area contributed by atoms with Crippen LogP contribution in [0.1, 0.15) is 66.7 Å². The highest BCUT2D eigenvalue weighted by Gasteiger charge is 2.54. The summed E-state index contributed by atoms with van der Waals surface area (Å²) in [6.07, 6.45) is 8.06. The van der Waals surface area contributed by atoms with E-state index < -0.39 is 8.07 Å². The van der Waals surface area contributed by atoms with Crippen molar-refractivity contribution in [3.05, 3.63) is 41.5 Å². The van der Waals surface area contributed by atoms with Crippen molar-refractivity contribution in [2.24, 2.45) is 0 Å². The van der Waals surface area contributed by atoms with Gasteiger partial charge in [-0.1, -0.05) is 86.6 Å². The van der Waals surface area contributed by atoms with Crippen LogP contribution < -0.4 is 5.19 Å². The summed E-state index contributed by atoms with van der Waals surface area (Å²) in [4.78, 5) is 0. The first kappa shape index (κ1) is 23.0. The Balaban J connectivity index is 2.29. The molecule has 1 fully saturated rings. The van der Waals surface area contributed by atoms with Gasteiger partial charge >= 0.3 is 7.12 Å². The molecule has 2 nitrogen and oxygen atoms in total. The summed E-state index contributed by atoms with van der Waals surface area (Å²) in [5.74, 6) is 6.68. The minimum atomic E-state index is -1.97. The fraction of sp³-hybridized carbons (Fsp3) is 0.583. The van der Waals surface area contributed by atoms with E-state index in [9.17, 15) is 0 Å². The lowest BCUT2D eigenvalue weighted by molar-refractivity contribution is 0.00578. The van der Waals surface area contributed by atoms with Crippen LogP contribution in [0.5, 0.6) is 0 Å². The highest BCUT2D eigenvalue weighted by Crippen LogP contribution is 2.40. The molecule has 0 N–H and O–H groups in total. The average Bonchev–Trinajstić information content (AvgIpc) is 2.85. The smallest absolute Gasteiger partial charge is 0.400 e. The Kier molecular flexibility index (Phi) is 7.79. The molecule has 0 aromatic heterocycles. The van der Waals surface area contributed by atoms with Gasteiger partial charge in [-0.3, -0.25) is 0 Å². The monoisotopic (exact) mass is 396 g/mol. The first-order valence-electron chi connectivity index (χ1n) is 10.7. The van der Waals surface area contributed by atoms with E-state index in [0.29, 0.717) is 0 Å². The molecule has 0 amide bonds. The van der Waals surface area contributed by atoms with Crippen LogP contribution in [0.3, 0.4) is 0 Å². The van der Waals surface area contributed by atoms with E-state index in [1.807, 2.05) is 0 Å². The van der Waals surface area contributed by atoms with Crippen molar-refractivity contribution in [3.8, 4) is 11.8 Å². The minimum absolute atomic E-state index is 0.332. The van der Waals surface area contributed by atoms with Crippen molar-refractivity contribution in [1.29, 1.82) is 0 Å². The van der Waals surface area contributed by atoms with Gasteiger partial charge < -0.3 is 9.31 Å². The van der Waals surface area contributed by atoms with Gasteiger partial charge in [-0.05, 0) is 45.3 Å². The third-order valence-electron chi connectivity index (χ3n) is 6.21. The van der Waals surface area contributed by atoms with Gasteiger partial charge in [0.1, 0.15) is 8.07 Å². The Hall–Kier alpha value is -1.28. The molecule has 1 heterocycles. The first-order chi connectivity index (χ1) is 13.1. The van der Waals surface area contributed by atoms with Gasteiger partial charge in [0, 0.05) is 6.42 Å². The quantitative estimate of drug-likeness (QED) is 0.336. The topological polar surface area (TPSA) is 18.5 Å². The van der Waals surface area contributed by atoms with E-state index in [0.717, 1.165) is 6.42 Å². The summed E-state index contributed by atoms with van der Waals surface area (Å²) >= 11 is 0. The maximum Gasteiger partial charge on any atom is 0.487 e. The fourth-order valence-corrected chi connectivity index (χ4v) is 5.87. The number of rotatable bonds is 7. The largest absolute Gasteiger partial charge is 0.487 e. The maximum atomic E-state index is 6.42. The number of unbranched alkanes of at least 4 members (excludes halogenated alkanes) is 4. The molecule has 2 rings (SSSR count). The van der Waals surface area contributed by atoms with E-state index >= 15 is 0 Å². The molecular formula is C24H37BO2Si. The molecule has 0 bridgehead atoms. The Morgan fingerprint density at radius 2 is 1.61 bits per heavy atom. The SMILES string of the molecule is CCCCCCC#C/C=C(\B1OC(C)(C)C(C)(C)O1)[Si](C)(C)c1ccccc1. The Morgan fingerprint density at radius 1 is 1.00 bits per heavy atom. The lowest BCUT2D eigenvalue weighted by atomic mass is 9.89. The van der Waals surface area contributed by atoms with Gasteiger partial charge in [0.2, 0.25) is 0 Å². The summed E-state index contributed by atoms with van der Waals surface area (Å²) in [6, 6.07) is 10.8. The standard InChI is InChI=1S/C24H37BO2Si/c1-8-9-10-11-12-13-17-20-22(25-26-23(2,3)24(4,5)27-25)28(6,7)21-18-15-14-16-19-21/h14-16,18-20H,8-12H2,1-7H3/b22-20+. The van der Waals surface area contributed by atoms with Crippen LogP contribution in [0.2, 0.25) is 13.1 Å². The zero-order chi connectivity index (χ0) is 20.8. The van der Waals surface area contributed by atoms with Crippen LogP contribution in [0, 0.1) is 11.8 Å². The number of allylic oxidation sites excluding steroid dienone is 1. The van der Waals surface area contributed by atoms with E-state index in [-0.39, 0.29) is 18.3 Å². The van der Waals surface area contributed by atoms with Crippen molar-refractivity contribution < 1.29 is 9.31 Å². The predicted molar refractivity (Wildman–Crippen MR) is 124 cm³/mol. The molecule has 0 saturated carbocycles. The van der Waals surface area contributed by atoms with Gasteiger partial charge in [-0.2, -0.15) is 0 Å². The number of hydrogen-bond acceptors (Lipinski definition) is 2. The molecule has 1 aromatic carbocycles. The molecule has 0 aliphatic carbocycles. The van der Waals surface area contributed by atoms with E-state index in [1.165, 1.54) is 36.0 Å². The summed E-state index contributed by atoms with van der Waals surface area (Å²) < 4.78 is 12.8. The highest BCUT2D eigenvalue weighted by atomic mass is 28.3. The molecule has 0 spiro atoms. The van der Waals surface area contributed by atoms with Gasteiger partial charge in [-0.15, -0.1) is 0 Å². The van der Waals surface area contributed by atoms with Crippen molar-refractivity contribution in [1.82, 2.24) is 0 Å². The highest BCUT2D eigenvalue weighted by molar-refractivity contribution is 7.04. The lowest BCUT2D eigenvalue weighted by Crippen LogP contribution is -2.49. The zero-order valence-electron chi connectivity index (χ0n) is 18.9. The summed E-state index contributed by atoms with van der Waals surface area (Å²) in [6.45, 7) is 15.4. The fourth-order valence-electron chi connectivity index (χ4n) is 3.38. The Bertz CT molecular complexity index is 710. The van der Waals surface area contributed by atoms with Crippen LogP contribution in [-0.2, 0) is 9.31 Å². The number of hydrogen-bond donors (Lipinski definition) is 0. The normalized spacial score (nSPS) is 18.7. The maximum absolute atomic E-state index is 6.42. The lowest BCUT2D eigenvalue weighted by Gasteiger charge is -2.32. The molecule has 1 aliphatic heterocycles.